The molecular formula is C42H72O3S. The highest BCUT2D eigenvalue weighted by Crippen LogP contribution is 2.27. The van der Waals surface area contributed by atoms with Crippen molar-refractivity contribution in [3.05, 3.63) is 41.5 Å². The fourth-order valence-electron chi connectivity index (χ4n) is 7.02. The zero-order valence-electron chi connectivity index (χ0n) is 30.3. The van der Waals surface area contributed by atoms with Gasteiger partial charge in [0.05, 0.1) is 4.90 Å². The summed E-state index contributed by atoms with van der Waals surface area (Å²) in [5, 5.41) is 1.98. The minimum Gasteiger partial charge on any atom is -0.282 e. The summed E-state index contributed by atoms with van der Waals surface area (Å²) in [6, 6.07) is 9.50. The van der Waals surface area contributed by atoms with E-state index < -0.39 is 10.1 Å². The monoisotopic (exact) mass is 657 g/mol. The Hall–Kier alpha value is -1.39. The predicted octanol–water partition coefficient (Wildman–Crippen LogP) is 14.1. The van der Waals surface area contributed by atoms with E-state index in [1.54, 1.807) is 6.07 Å². The first-order valence-electron chi connectivity index (χ1n) is 20.0. The molecule has 0 aromatic heterocycles. The second kappa shape index (κ2) is 26.6. The zero-order valence-corrected chi connectivity index (χ0v) is 31.1. The maximum atomic E-state index is 11.8. The number of aryl methyl sites for hydroxylation is 2. The number of benzene rings is 2. The Morgan fingerprint density at radius 3 is 1.04 bits per heavy atom. The van der Waals surface area contributed by atoms with E-state index in [2.05, 4.69) is 26.0 Å². The summed E-state index contributed by atoms with van der Waals surface area (Å²) in [5.74, 6) is 0. The third kappa shape index (κ3) is 19.4. The van der Waals surface area contributed by atoms with E-state index in [1.807, 2.05) is 6.07 Å². The lowest BCUT2D eigenvalue weighted by molar-refractivity contribution is 0.483. The van der Waals surface area contributed by atoms with E-state index in [0.29, 0.717) is 0 Å². The van der Waals surface area contributed by atoms with E-state index >= 15 is 0 Å². The van der Waals surface area contributed by atoms with E-state index in [1.165, 1.54) is 197 Å². The molecule has 0 bridgehead atoms. The van der Waals surface area contributed by atoms with Gasteiger partial charge < -0.3 is 0 Å². The Bertz CT molecular complexity index is 1120. The van der Waals surface area contributed by atoms with Gasteiger partial charge in [-0.25, -0.2) is 0 Å². The molecule has 2 aromatic carbocycles. The molecule has 0 aliphatic carbocycles. The lowest BCUT2D eigenvalue weighted by atomic mass is 9.93. The molecule has 4 heteroatoms. The van der Waals surface area contributed by atoms with Gasteiger partial charge in [0.2, 0.25) is 0 Å². The van der Waals surface area contributed by atoms with Gasteiger partial charge in [0.25, 0.3) is 10.1 Å². The van der Waals surface area contributed by atoms with E-state index in [0.717, 1.165) is 23.6 Å². The fraction of sp³-hybridized carbons (Fsp3) is 0.762. The van der Waals surface area contributed by atoms with Gasteiger partial charge in [0.1, 0.15) is 0 Å². The van der Waals surface area contributed by atoms with Crippen molar-refractivity contribution in [1.82, 2.24) is 0 Å². The number of rotatable bonds is 31. The summed E-state index contributed by atoms with van der Waals surface area (Å²) in [4.78, 5) is -0.0119. The van der Waals surface area contributed by atoms with Gasteiger partial charge in [-0.05, 0) is 59.7 Å². The van der Waals surface area contributed by atoms with Crippen molar-refractivity contribution >= 4 is 20.9 Å². The number of fused-ring (bicyclic) bond motifs is 1. The molecule has 0 unspecified atom stereocenters. The average Bonchev–Trinajstić information content (AvgIpc) is 3.04. The second-order valence-electron chi connectivity index (χ2n) is 14.3. The highest BCUT2D eigenvalue weighted by Gasteiger charge is 2.12. The molecule has 0 saturated carbocycles. The van der Waals surface area contributed by atoms with Crippen LogP contribution in [0.3, 0.4) is 0 Å². The van der Waals surface area contributed by atoms with Crippen molar-refractivity contribution in [1.29, 1.82) is 0 Å². The lowest BCUT2D eigenvalue weighted by Gasteiger charge is -2.13. The van der Waals surface area contributed by atoms with Crippen molar-refractivity contribution in [3.63, 3.8) is 0 Å². The van der Waals surface area contributed by atoms with Crippen LogP contribution in [0.4, 0.5) is 0 Å². The Balaban J connectivity index is 1.70. The highest BCUT2D eigenvalue weighted by molar-refractivity contribution is 7.85. The molecule has 0 amide bonds. The van der Waals surface area contributed by atoms with Gasteiger partial charge >= 0.3 is 0 Å². The minimum absolute atomic E-state index is 0.0119. The lowest BCUT2D eigenvalue weighted by Crippen LogP contribution is -1.99. The summed E-state index contributed by atoms with van der Waals surface area (Å²) < 4.78 is 33.1. The quantitative estimate of drug-likeness (QED) is 0.0649. The van der Waals surface area contributed by atoms with Crippen molar-refractivity contribution in [3.8, 4) is 0 Å². The Labute approximate surface area is 285 Å². The maximum absolute atomic E-state index is 11.8. The molecule has 0 saturated heterocycles. The summed E-state index contributed by atoms with van der Waals surface area (Å²) in [6.45, 7) is 4.57. The summed E-state index contributed by atoms with van der Waals surface area (Å²) in [6.07, 6.45) is 40.5. The van der Waals surface area contributed by atoms with Gasteiger partial charge in [0, 0.05) is 0 Å². The Morgan fingerprint density at radius 2 is 0.717 bits per heavy atom. The molecule has 264 valence electrons. The van der Waals surface area contributed by atoms with Crippen LogP contribution < -0.4 is 0 Å². The van der Waals surface area contributed by atoms with E-state index in [-0.39, 0.29) is 4.90 Å². The first kappa shape index (κ1) is 40.8. The largest absolute Gasteiger partial charge is 0.294 e. The first-order valence-corrected chi connectivity index (χ1v) is 21.4. The maximum Gasteiger partial charge on any atom is 0.294 e. The van der Waals surface area contributed by atoms with Crippen LogP contribution in [-0.4, -0.2) is 13.0 Å². The van der Waals surface area contributed by atoms with Crippen LogP contribution in [0.5, 0.6) is 0 Å². The molecule has 0 aliphatic rings. The van der Waals surface area contributed by atoms with Crippen molar-refractivity contribution in [2.45, 2.75) is 211 Å². The molecule has 3 nitrogen and oxygen atoms in total. The van der Waals surface area contributed by atoms with Crippen LogP contribution in [0, 0.1) is 0 Å². The van der Waals surface area contributed by atoms with E-state index in [9.17, 15) is 13.0 Å². The standard InChI is InChI=1S/C42H72O3S/c1-3-5-7-9-11-13-15-17-19-21-23-25-27-29-31-38-35-40-33-34-42(46(43,44)45)37-41(40)36-39(38)32-30-28-26-24-22-20-18-16-14-12-10-8-6-4-2/h33-37H,3-32H2,1-2H3,(H,43,44,45). The van der Waals surface area contributed by atoms with Crippen molar-refractivity contribution < 1.29 is 13.0 Å². The van der Waals surface area contributed by atoms with E-state index in [4.69, 9.17) is 0 Å². The number of hydrogen-bond acceptors (Lipinski definition) is 2. The number of hydrogen-bond donors (Lipinski definition) is 1. The first-order chi connectivity index (χ1) is 22.5. The summed E-state index contributed by atoms with van der Waals surface area (Å²) in [7, 11) is -4.20. The third-order valence-corrected chi connectivity index (χ3v) is 10.9. The Kier molecular flexibility index (Phi) is 23.5. The molecule has 0 atom stereocenters. The van der Waals surface area contributed by atoms with Crippen LogP contribution in [0.15, 0.2) is 35.2 Å². The van der Waals surface area contributed by atoms with Crippen LogP contribution in [0.2, 0.25) is 0 Å². The smallest absolute Gasteiger partial charge is 0.282 e. The topological polar surface area (TPSA) is 54.4 Å². The summed E-state index contributed by atoms with van der Waals surface area (Å²) in [5.41, 5.74) is 2.80. The normalized spacial score (nSPS) is 12.0. The molecule has 0 heterocycles. The average molecular weight is 657 g/mol. The Morgan fingerprint density at radius 1 is 0.413 bits per heavy atom. The molecule has 0 spiro atoms. The van der Waals surface area contributed by atoms with Gasteiger partial charge in [0.15, 0.2) is 0 Å². The highest BCUT2D eigenvalue weighted by atomic mass is 32.2. The molecule has 0 fully saturated rings. The number of unbranched alkanes of at least 4 members (excludes halogenated alkanes) is 26. The van der Waals surface area contributed by atoms with Crippen LogP contribution >= 0.6 is 0 Å². The van der Waals surface area contributed by atoms with Gasteiger partial charge in [-0.2, -0.15) is 8.42 Å². The second-order valence-corrected chi connectivity index (χ2v) is 15.7. The van der Waals surface area contributed by atoms with Crippen LogP contribution in [0.1, 0.15) is 205 Å². The van der Waals surface area contributed by atoms with Crippen LogP contribution in [0.25, 0.3) is 10.8 Å². The minimum atomic E-state index is -4.20. The molecule has 1 N–H and O–H groups in total. The van der Waals surface area contributed by atoms with Gasteiger partial charge in [-0.3, -0.25) is 4.55 Å². The molecule has 2 aromatic rings. The van der Waals surface area contributed by atoms with Gasteiger partial charge in [-0.1, -0.05) is 199 Å². The molecule has 46 heavy (non-hydrogen) atoms. The predicted molar refractivity (Wildman–Crippen MR) is 202 cm³/mol. The molecular weight excluding hydrogens is 585 g/mol. The molecule has 0 aliphatic heterocycles. The fourth-order valence-corrected chi connectivity index (χ4v) is 7.53. The molecule has 0 radical (unpaired) electrons. The zero-order chi connectivity index (χ0) is 33.1. The third-order valence-electron chi connectivity index (χ3n) is 10.0. The summed E-state index contributed by atoms with van der Waals surface area (Å²) >= 11 is 0. The van der Waals surface area contributed by atoms with Crippen molar-refractivity contribution in [2.24, 2.45) is 0 Å². The van der Waals surface area contributed by atoms with Gasteiger partial charge in [-0.15, -0.1) is 0 Å². The molecule has 2 rings (SSSR count). The van der Waals surface area contributed by atoms with Crippen molar-refractivity contribution in [2.75, 3.05) is 0 Å². The van der Waals surface area contributed by atoms with Crippen LogP contribution in [-0.2, 0) is 23.0 Å². The SMILES string of the molecule is CCCCCCCCCCCCCCCCc1cc2ccc(S(=O)(=O)O)cc2cc1CCCCCCCCCCCCCCCC.